The molecule has 1 N–H and O–H groups in total. The summed E-state index contributed by atoms with van der Waals surface area (Å²) in [5.74, 6) is 0. The molecule has 0 aliphatic carbocycles. The number of hydrogen-bond acceptors (Lipinski definition) is 4. The molecule has 15 heavy (non-hydrogen) atoms. The van der Waals surface area contributed by atoms with Crippen molar-refractivity contribution in [2.24, 2.45) is 0 Å². The summed E-state index contributed by atoms with van der Waals surface area (Å²) >= 11 is 1.52. The first kappa shape index (κ1) is 12.6. The van der Waals surface area contributed by atoms with Crippen molar-refractivity contribution in [2.75, 3.05) is 7.05 Å². The first-order chi connectivity index (χ1) is 7.29. The third-order valence-electron chi connectivity index (χ3n) is 2.70. The van der Waals surface area contributed by atoms with Crippen molar-refractivity contribution in [1.82, 2.24) is 14.9 Å². The highest BCUT2D eigenvalue weighted by atomic mass is 32.1. The number of rotatable bonds is 7. The van der Waals surface area contributed by atoms with E-state index >= 15 is 0 Å². The van der Waals surface area contributed by atoms with Gasteiger partial charge in [0.1, 0.15) is 0 Å². The van der Waals surface area contributed by atoms with Crippen LogP contribution in [-0.2, 0) is 0 Å². The number of nitrogens with one attached hydrogen (secondary N) is 1. The molecule has 1 atom stereocenters. The molecule has 1 aromatic heterocycles. The summed E-state index contributed by atoms with van der Waals surface area (Å²) in [4.78, 5) is 1.30. The molecule has 3 nitrogen and oxygen atoms in total. The molecule has 1 unspecified atom stereocenters. The third-order valence-corrected chi connectivity index (χ3v) is 3.64. The Morgan fingerprint density at radius 3 is 2.67 bits per heavy atom. The van der Waals surface area contributed by atoms with E-state index in [9.17, 15) is 0 Å². The lowest BCUT2D eigenvalue weighted by Crippen LogP contribution is -2.16. The van der Waals surface area contributed by atoms with Crippen molar-refractivity contribution < 1.29 is 0 Å². The minimum atomic E-state index is 0.446. The predicted octanol–water partition coefficient (Wildman–Crippen LogP) is 3.08. The van der Waals surface area contributed by atoms with E-state index in [1.54, 1.807) is 0 Å². The minimum Gasteiger partial charge on any atom is -0.312 e. The summed E-state index contributed by atoms with van der Waals surface area (Å²) in [7, 11) is 2.02. The molecular weight excluding hydrogens is 206 g/mol. The lowest BCUT2D eigenvalue weighted by molar-refractivity contribution is 0.509. The Bertz CT molecular complexity index is 273. The Morgan fingerprint density at radius 2 is 2.13 bits per heavy atom. The maximum absolute atomic E-state index is 4.06. The second kappa shape index (κ2) is 6.90. The maximum atomic E-state index is 4.06. The van der Waals surface area contributed by atoms with Gasteiger partial charge in [-0.25, -0.2) is 0 Å². The van der Waals surface area contributed by atoms with Crippen molar-refractivity contribution >= 4 is 11.5 Å². The smallest absolute Gasteiger partial charge is 0.0772 e. The van der Waals surface area contributed by atoms with Crippen molar-refractivity contribution in [1.29, 1.82) is 0 Å². The Labute approximate surface area is 96.5 Å². The first-order valence-electron chi connectivity index (χ1n) is 5.75. The van der Waals surface area contributed by atoms with E-state index in [1.807, 2.05) is 14.0 Å². The Kier molecular flexibility index (Phi) is 5.79. The van der Waals surface area contributed by atoms with E-state index in [0.717, 1.165) is 5.69 Å². The monoisotopic (exact) mass is 227 g/mol. The van der Waals surface area contributed by atoms with Gasteiger partial charge >= 0.3 is 0 Å². The van der Waals surface area contributed by atoms with Gasteiger partial charge in [0.15, 0.2) is 0 Å². The van der Waals surface area contributed by atoms with Crippen LogP contribution in [0.3, 0.4) is 0 Å². The lowest BCUT2D eigenvalue weighted by Gasteiger charge is -2.14. The molecule has 0 saturated carbocycles. The molecule has 0 radical (unpaired) electrons. The van der Waals surface area contributed by atoms with Gasteiger partial charge in [0, 0.05) is 6.04 Å². The molecule has 0 saturated heterocycles. The molecule has 1 aromatic rings. The molecule has 0 fully saturated rings. The van der Waals surface area contributed by atoms with Gasteiger partial charge in [0.2, 0.25) is 0 Å². The average Bonchev–Trinajstić information content (AvgIpc) is 2.65. The standard InChI is InChI=1S/C11H21N3S/c1-4-5-6-7-8-10(12-3)11-9(2)13-14-15-11/h10,12H,4-8H2,1-3H3. The molecule has 1 heterocycles. The number of nitrogens with zero attached hydrogens (tertiary/aromatic N) is 2. The van der Waals surface area contributed by atoms with Crippen LogP contribution in [0.25, 0.3) is 0 Å². The molecule has 86 valence electrons. The van der Waals surface area contributed by atoms with E-state index in [-0.39, 0.29) is 0 Å². The largest absolute Gasteiger partial charge is 0.312 e. The summed E-state index contributed by atoms with van der Waals surface area (Å²) < 4.78 is 3.99. The van der Waals surface area contributed by atoms with E-state index in [4.69, 9.17) is 0 Å². The zero-order valence-corrected chi connectivity index (χ0v) is 10.7. The van der Waals surface area contributed by atoms with Gasteiger partial charge in [-0.1, -0.05) is 37.1 Å². The number of aryl methyl sites for hydroxylation is 1. The van der Waals surface area contributed by atoms with Crippen molar-refractivity contribution in [3.05, 3.63) is 10.6 Å². The summed E-state index contributed by atoms with van der Waals surface area (Å²) in [6, 6.07) is 0.446. The summed E-state index contributed by atoms with van der Waals surface area (Å²) in [6.07, 6.45) is 6.46. The molecule has 0 amide bonds. The summed E-state index contributed by atoms with van der Waals surface area (Å²) in [6.45, 7) is 4.28. The quantitative estimate of drug-likeness (QED) is 0.727. The molecule has 0 bridgehead atoms. The van der Waals surface area contributed by atoms with E-state index in [1.165, 1.54) is 48.5 Å². The Morgan fingerprint density at radius 1 is 1.33 bits per heavy atom. The van der Waals surface area contributed by atoms with E-state index in [0.29, 0.717) is 6.04 Å². The molecule has 4 heteroatoms. The van der Waals surface area contributed by atoms with Crippen molar-refractivity contribution in [2.45, 2.75) is 52.0 Å². The van der Waals surface area contributed by atoms with Gasteiger partial charge in [-0.2, -0.15) is 0 Å². The van der Waals surface area contributed by atoms with Crippen LogP contribution in [-0.4, -0.2) is 16.6 Å². The zero-order chi connectivity index (χ0) is 11.1. The number of aromatic nitrogens is 2. The van der Waals surface area contributed by atoms with Crippen LogP contribution in [0.1, 0.15) is 55.6 Å². The van der Waals surface area contributed by atoms with Crippen LogP contribution in [0.5, 0.6) is 0 Å². The topological polar surface area (TPSA) is 37.8 Å². The Hall–Kier alpha value is -0.480. The molecular formula is C11H21N3S. The van der Waals surface area contributed by atoms with Crippen LogP contribution in [0.2, 0.25) is 0 Å². The average molecular weight is 227 g/mol. The molecule has 0 aliphatic heterocycles. The van der Waals surface area contributed by atoms with Gasteiger partial charge in [0.05, 0.1) is 10.6 Å². The van der Waals surface area contributed by atoms with Gasteiger partial charge < -0.3 is 5.32 Å². The maximum Gasteiger partial charge on any atom is 0.0772 e. The minimum absolute atomic E-state index is 0.446. The highest BCUT2D eigenvalue weighted by molar-refractivity contribution is 7.05. The molecule has 1 rings (SSSR count). The van der Waals surface area contributed by atoms with Crippen LogP contribution in [0, 0.1) is 6.92 Å². The van der Waals surface area contributed by atoms with Crippen LogP contribution < -0.4 is 5.32 Å². The fourth-order valence-electron chi connectivity index (χ4n) is 1.74. The molecule has 0 aliphatic rings. The Balaban J connectivity index is 2.39. The number of hydrogen-bond donors (Lipinski definition) is 1. The SMILES string of the molecule is CCCCCCC(NC)c1snnc1C. The first-order valence-corrected chi connectivity index (χ1v) is 6.53. The van der Waals surface area contributed by atoms with Crippen LogP contribution >= 0.6 is 11.5 Å². The summed E-state index contributed by atoms with van der Waals surface area (Å²) in [5, 5.41) is 7.41. The second-order valence-corrected chi connectivity index (χ2v) is 4.70. The highest BCUT2D eigenvalue weighted by Gasteiger charge is 2.14. The second-order valence-electron chi connectivity index (χ2n) is 3.91. The van der Waals surface area contributed by atoms with Gasteiger partial charge in [0.25, 0.3) is 0 Å². The normalized spacial score (nSPS) is 13.0. The van der Waals surface area contributed by atoms with Gasteiger partial charge in [-0.3, -0.25) is 0 Å². The summed E-state index contributed by atoms with van der Waals surface area (Å²) in [5.41, 5.74) is 1.08. The fraction of sp³-hybridized carbons (Fsp3) is 0.818. The van der Waals surface area contributed by atoms with E-state index in [2.05, 4.69) is 21.8 Å². The number of unbranched alkanes of at least 4 members (excludes halogenated alkanes) is 3. The van der Waals surface area contributed by atoms with E-state index < -0.39 is 0 Å². The predicted molar refractivity (Wildman–Crippen MR) is 65.2 cm³/mol. The lowest BCUT2D eigenvalue weighted by atomic mass is 10.1. The molecule has 0 spiro atoms. The zero-order valence-electron chi connectivity index (χ0n) is 9.92. The van der Waals surface area contributed by atoms with Crippen molar-refractivity contribution in [3.8, 4) is 0 Å². The van der Waals surface area contributed by atoms with Gasteiger partial charge in [-0.05, 0) is 31.9 Å². The van der Waals surface area contributed by atoms with Gasteiger partial charge in [-0.15, -0.1) is 5.10 Å². The van der Waals surface area contributed by atoms with Crippen molar-refractivity contribution in [3.63, 3.8) is 0 Å². The van der Waals surface area contributed by atoms with Crippen LogP contribution in [0.15, 0.2) is 0 Å². The third kappa shape index (κ3) is 3.87. The fourth-order valence-corrected chi connectivity index (χ4v) is 2.53. The van der Waals surface area contributed by atoms with Crippen LogP contribution in [0.4, 0.5) is 0 Å². The highest BCUT2D eigenvalue weighted by Crippen LogP contribution is 2.24. The molecule has 0 aromatic carbocycles.